The number of nitrogens with two attached hydrogens (primary N) is 2. The minimum Gasteiger partial charge on any atom is -0.399 e. The van der Waals surface area contributed by atoms with Crippen LogP contribution in [0.4, 0.5) is 64.1 Å². The molecular formula is C18H14F12N2. The number of hydrogen-bond acceptors (Lipinski definition) is 2. The number of nitrogen functional groups attached to an aromatic ring is 2. The standard InChI is InChI=1S/C15H12F6N2.C3H2F6/c16-14(17,18)13(15(19,20)21,9-1-5-11(22)6-2-9)10-3-7-12(23)8-4-10;4-2(5,6)1-3(7,8)9/h1-8H,22-23H2;1H2. The molecule has 0 heterocycles. The summed E-state index contributed by atoms with van der Waals surface area (Å²) in [5, 5.41) is 0. The summed E-state index contributed by atoms with van der Waals surface area (Å²) in [7, 11) is 0. The van der Waals surface area contributed by atoms with Crippen molar-refractivity contribution in [1.82, 2.24) is 0 Å². The van der Waals surface area contributed by atoms with Gasteiger partial charge in [0, 0.05) is 11.4 Å². The third-order valence-electron chi connectivity index (χ3n) is 3.94. The molecule has 2 nitrogen and oxygen atoms in total. The first-order valence-corrected chi connectivity index (χ1v) is 8.19. The summed E-state index contributed by atoms with van der Waals surface area (Å²) in [6.45, 7) is 0. The Labute approximate surface area is 172 Å². The van der Waals surface area contributed by atoms with Crippen LogP contribution < -0.4 is 11.5 Å². The Kier molecular flexibility index (Phi) is 7.64. The Morgan fingerprint density at radius 2 is 0.719 bits per heavy atom. The summed E-state index contributed by atoms with van der Waals surface area (Å²) in [4.78, 5) is 0. The Morgan fingerprint density at radius 1 is 0.469 bits per heavy atom. The molecule has 32 heavy (non-hydrogen) atoms. The summed E-state index contributed by atoms with van der Waals surface area (Å²) in [5.74, 6) is 0. The summed E-state index contributed by atoms with van der Waals surface area (Å²) < 4.78 is 147. The van der Waals surface area contributed by atoms with Crippen LogP contribution in [0.25, 0.3) is 0 Å². The van der Waals surface area contributed by atoms with Crippen LogP contribution in [0, 0.1) is 0 Å². The van der Waals surface area contributed by atoms with E-state index in [4.69, 9.17) is 11.5 Å². The second-order valence-electron chi connectivity index (χ2n) is 6.40. The van der Waals surface area contributed by atoms with Gasteiger partial charge >= 0.3 is 24.7 Å². The molecule has 0 spiro atoms. The molecule has 2 aromatic carbocycles. The Balaban J connectivity index is 0.000000482. The molecule has 14 heteroatoms. The number of alkyl halides is 12. The molecule has 2 aromatic rings. The van der Waals surface area contributed by atoms with E-state index in [9.17, 15) is 52.7 Å². The second kappa shape index (κ2) is 8.98. The molecule has 0 unspecified atom stereocenters. The molecule has 0 aliphatic rings. The van der Waals surface area contributed by atoms with E-state index < -0.39 is 47.7 Å². The number of halogens is 12. The van der Waals surface area contributed by atoms with E-state index >= 15 is 0 Å². The van der Waals surface area contributed by atoms with Crippen LogP contribution in [-0.2, 0) is 5.41 Å². The SMILES string of the molecule is FC(F)(F)CC(F)(F)F.Nc1ccc(C(c2ccc(N)cc2)(C(F)(F)F)C(F)(F)F)cc1. The largest absolute Gasteiger partial charge is 0.411 e. The third kappa shape index (κ3) is 6.60. The van der Waals surface area contributed by atoms with Crippen molar-refractivity contribution < 1.29 is 52.7 Å². The minimum absolute atomic E-state index is 0.0595. The fourth-order valence-corrected chi connectivity index (χ4v) is 2.68. The monoisotopic (exact) mass is 486 g/mol. The molecule has 0 bridgehead atoms. The average molecular weight is 486 g/mol. The minimum atomic E-state index is -5.61. The predicted octanol–water partition coefficient (Wildman–Crippen LogP) is 6.76. The molecule has 0 aliphatic heterocycles. The fourth-order valence-electron chi connectivity index (χ4n) is 2.68. The van der Waals surface area contributed by atoms with E-state index in [0.29, 0.717) is 0 Å². The van der Waals surface area contributed by atoms with Crippen LogP contribution in [-0.4, -0.2) is 24.7 Å². The van der Waals surface area contributed by atoms with Crippen LogP contribution in [0.3, 0.4) is 0 Å². The Morgan fingerprint density at radius 3 is 0.875 bits per heavy atom. The number of rotatable bonds is 2. The lowest BCUT2D eigenvalue weighted by atomic mass is 9.73. The molecule has 0 amide bonds. The van der Waals surface area contributed by atoms with Gasteiger partial charge in [0.2, 0.25) is 5.41 Å². The van der Waals surface area contributed by atoms with Crippen molar-refractivity contribution in [3.63, 3.8) is 0 Å². The van der Waals surface area contributed by atoms with Crippen LogP contribution in [0.15, 0.2) is 48.5 Å². The smallest absolute Gasteiger partial charge is 0.399 e. The van der Waals surface area contributed by atoms with Crippen LogP contribution in [0.2, 0.25) is 0 Å². The van der Waals surface area contributed by atoms with Crippen molar-refractivity contribution in [2.45, 2.75) is 36.5 Å². The van der Waals surface area contributed by atoms with Gasteiger partial charge < -0.3 is 11.5 Å². The van der Waals surface area contributed by atoms with Gasteiger partial charge in [-0.1, -0.05) is 24.3 Å². The lowest BCUT2D eigenvalue weighted by Gasteiger charge is -2.38. The van der Waals surface area contributed by atoms with E-state index in [0.717, 1.165) is 48.5 Å². The first-order chi connectivity index (χ1) is 14.2. The summed E-state index contributed by atoms with van der Waals surface area (Å²) in [6, 6.07) is 6.91. The maximum absolute atomic E-state index is 13.7. The highest BCUT2D eigenvalue weighted by Crippen LogP contribution is 2.56. The summed E-state index contributed by atoms with van der Waals surface area (Å²) in [6.07, 6.45) is -24.2. The molecule has 4 N–H and O–H groups in total. The summed E-state index contributed by atoms with van der Waals surface area (Å²) in [5.41, 5.74) is 4.77. The molecule has 2 rings (SSSR count). The van der Waals surface area contributed by atoms with Gasteiger partial charge in [-0.15, -0.1) is 0 Å². The van der Waals surface area contributed by atoms with Crippen molar-refractivity contribution in [2.75, 3.05) is 11.5 Å². The van der Waals surface area contributed by atoms with E-state index in [2.05, 4.69) is 0 Å². The average Bonchev–Trinajstić information content (AvgIpc) is 2.53. The third-order valence-corrected chi connectivity index (χ3v) is 3.94. The molecule has 0 aromatic heterocycles. The Bertz CT molecular complexity index is 786. The molecular weight excluding hydrogens is 472 g/mol. The van der Waals surface area contributed by atoms with Crippen molar-refractivity contribution in [2.24, 2.45) is 0 Å². The predicted molar refractivity (Wildman–Crippen MR) is 91.3 cm³/mol. The van der Waals surface area contributed by atoms with Crippen LogP contribution in [0.5, 0.6) is 0 Å². The van der Waals surface area contributed by atoms with Gasteiger partial charge in [-0.2, -0.15) is 52.7 Å². The molecule has 0 saturated heterocycles. The fraction of sp³-hybridized carbons (Fsp3) is 0.333. The van der Waals surface area contributed by atoms with Gasteiger partial charge in [0.1, 0.15) is 6.42 Å². The zero-order valence-corrected chi connectivity index (χ0v) is 15.5. The highest BCUT2D eigenvalue weighted by atomic mass is 19.4. The van der Waals surface area contributed by atoms with E-state index in [1.807, 2.05) is 0 Å². The van der Waals surface area contributed by atoms with E-state index in [1.165, 1.54) is 0 Å². The molecule has 0 atom stereocenters. The molecule has 180 valence electrons. The second-order valence-corrected chi connectivity index (χ2v) is 6.40. The highest BCUT2D eigenvalue weighted by molar-refractivity contribution is 5.51. The van der Waals surface area contributed by atoms with E-state index in [1.54, 1.807) is 0 Å². The Hall–Kier alpha value is -2.80. The van der Waals surface area contributed by atoms with E-state index in [-0.39, 0.29) is 11.4 Å². The van der Waals surface area contributed by atoms with Gasteiger partial charge in [-0.05, 0) is 35.4 Å². The zero-order valence-electron chi connectivity index (χ0n) is 15.5. The molecule has 0 aliphatic carbocycles. The molecule has 0 fully saturated rings. The van der Waals surface area contributed by atoms with Gasteiger partial charge in [-0.25, -0.2) is 0 Å². The van der Waals surface area contributed by atoms with Crippen molar-refractivity contribution >= 4 is 11.4 Å². The quantitative estimate of drug-likeness (QED) is 0.364. The van der Waals surface area contributed by atoms with Gasteiger partial charge in [0.25, 0.3) is 0 Å². The maximum atomic E-state index is 13.7. The first-order valence-electron chi connectivity index (χ1n) is 8.19. The maximum Gasteiger partial charge on any atom is 0.411 e. The van der Waals surface area contributed by atoms with Crippen LogP contribution in [0.1, 0.15) is 17.5 Å². The van der Waals surface area contributed by atoms with Gasteiger partial charge in [0.05, 0.1) is 0 Å². The molecule has 0 saturated carbocycles. The number of anilines is 2. The normalized spacial score (nSPS) is 13.4. The van der Waals surface area contributed by atoms with Gasteiger partial charge in [-0.3, -0.25) is 0 Å². The number of benzene rings is 2. The lowest BCUT2D eigenvalue weighted by Crippen LogP contribution is -2.54. The van der Waals surface area contributed by atoms with Crippen molar-refractivity contribution in [3.8, 4) is 0 Å². The van der Waals surface area contributed by atoms with Crippen LogP contribution >= 0.6 is 0 Å². The van der Waals surface area contributed by atoms with Crippen molar-refractivity contribution in [1.29, 1.82) is 0 Å². The zero-order chi connectivity index (χ0) is 25.2. The topological polar surface area (TPSA) is 52.0 Å². The lowest BCUT2D eigenvalue weighted by molar-refractivity contribution is -0.288. The van der Waals surface area contributed by atoms with Crippen molar-refractivity contribution in [3.05, 3.63) is 59.7 Å². The highest BCUT2D eigenvalue weighted by Gasteiger charge is 2.72. The first kappa shape index (κ1) is 27.2. The molecule has 0 radical (unpaired) electrons. The number of hydrogen-bond donors (Lipinski definition) is 2. The summed E-state index contributed by atoms with van der Waals surface area (Å²) >= 11 is 0. The van der Waals surface area contributed by atoms with Gasteiger partial charge in [0.15, 0.2) is 0 Å².